The van der Waals surface area contributed by atoms with Crippen LogP contribution in [0.25, 0.3) is 0 Å². The molecule has 0 radical (unpaired) electrons. The summed E-state index contributed by atoms with van der Waals surface area (Å²) >= 11 is 0. The molecule has 0 spiro atoms. The van der Waals surface area contributed by atoms with Gasteiger partial charge < -0.3 is 179 Å². The predicted molar refractivity (Wildman–Crippen MR) is 256 cm³/mol. The second-order valence-corrected chi connectivity index (χ2v) is 21.5. The van der Waals surface area contributed by atoms with Gasteiger partial charge in [0.15, 0.2) is 44.0 Å². The van der Waals surface area contributed by atoms with E-state index in [1.54, 1.807) is 0 Å². The Kier molecular flexibility index (Phi) is 23.9. The quantitative estimate of drug-likeness (QED) is 0.0863. The first-order chi connectivity index (χ1) is 40.4. The largest absolute Gasteiger partial charge is 0.481 e. The molecule has 38 nitrogen and oxygen atoms in total. The van der Waals surface area contributed by atoms with Crippen LogP contribution < -0.4 is 5.32 Å². The Morgan fingerprint density at radius 1 is 0.271 bits per heavy atom. The molecule has 38 heteroatoms. The molecule has 21 saturated heterocycles. The number of aliphatic carboxylic acids is 1. The van der Waals surface area contributed by atoms with Gasteiger partial charge in [0, 0.05) is 19.4 Å². The van der Waals surface area contributed by atoms with Crippen molar-refractivity contribution in [1.29, 1.82) is 0 Å². The zero-order valence-corrected chi connectivity index (χ0v) is 44.7. The minimum Gasteiger partial charge on any atom is -0.481 e. The lowest BCUT2D eigenvalue weighted by Gasteiger charge is -2.50. The zero-order valence-electron chi connectivity index (χ0n) is 44.7. The molecule has 0 aromatic carbocycles. The molecule has 0 aliphatic carbocycles. The fourth-order valence-corrected chi connectivity index (χ4v) is 11.1. The smallest absolute Gasteiger partial charge is 0.303 e. The van der Waals surface area contributed by atoms with Gasteiger partial charge in [-0.25, -0.2) is 0 Å². The Morgan fingerprint density at radius 3 is 0.647 bits per heavy atom. The first kappa shape index (κ1) is 68.5. The molecule has 14 bridgehead atoms. The van der Waals surface area contributed by atoms with Crippen molar-refractivity contribution in [3.05, 3.63) is 0 Å². The van der Waals surface area contributed by atoms with Crippen molar-refractivity contribution >= 4 is 11.9 Å². The van der Waals surface area contributed by atoms with Gasteiger partial charge in [-0.3, -0.25) is 9.59 Å². The summed E-state index contributed by atoms with van der Waals surface area (Å²) in [5.41, 5.74) is 0. The number of nitrogens with one attached hydrogen (secondary N) is 1. The monoisotopic (exact) mass is 1250 g/mol. The Labute approximate surface area is 480 Å². The van der Waals surface area contributed by atoms with E-state index in [0.717, 1.165) is 0 Å². The molecular formula is C47H77NO37. The maximum Gasteiger partial charge on any atom is 0.303 e. The van der Waals surface area contributed by atoms with Crippen LogP contribution in [0.2, 0.25) is 0 Å². The molecule has 21 aliphatic heterocycles. The second kappa shape index (κ2) is 29.7. The summed E-state index contributed by atoms with van der Waals surface area (Å²) in [6.45, 7) is -7.17. The van der Waals surface area contributed by atoms with Crippen molar-refractivity contribution in [2.45, 2.75) is 234 Å². The van der Waals surface area contributed by atoms with E-state index in [2.05, 4.69) is 5.32 Å². The molecule has 492 valence electrons. The number of ether oxygens (including phenoxy) is 14. The van der Waals surface area contributed by atoms with Crippen molar-refractivity contribution in [3.8, 4) is 0 Å². The number of aliphatic hydroxyl groups excluding tert-OH is 20. The summed E-state index contributed by atoms with van der Waals surface area (Å²) in [6.07, 6.45) is -72.8. The van der Waals surface area contributed by atoms with E-state index >= 15 is 0 Å². The van der Waals surface area contributed by atoms with E-state index in [-0.39, 0.29) is 12.8 Å². The molecular weight excluding hydrogens is 1170 g/mol. The number of carbonyl (C=O) groups is 2. The van der Waals surface area contributed by atoms with Crippen LogP contribution in [0, 0.1) is 0 Å². The highest BCUT2D eigenvalue weighted by atomic mass is 16.8. The van der Waals surface area contributed by atoms with Crippen molar-refractivity contribution in [3.63, 3.8) is 0 Å². The molecule has 21 aliphatic rings. The highest BCUT2D eigenvalue weighted by molar-refractivity contribution is 5.76. The molecule has 21 fully saturated rings. The number of aliphatic hydroxyl groups is 20. The number of hydrogen-bond donors (Lipinski definition) is 22. The van der Waals surface area contributed by atoms with Gasteiger partial charge in [0.2, 0.25) is 5.91 Å². The van der Waals surface area contributed by atoms with Gasteiger partial charge in [0.1, 0.15) is 171 Å². The van der Waals surface area contributed by atoms with Crippen LogP contribution in [0.4, 0.5) is 0 Å². The summed E-state index contributed by atoms with van der Waals surface area (Å²) in [7, 11) is 0. The van der Waals surface area contributed by atoms with Crippen LogP contribution in [0.1, 0.15) is 19.3 Å². The summed E-state index contributed by atoms with van der Waals surface area (Å²) < 4.78 is 80.4. The lowest BCUT2D eigenvalue weighted by molar-refractivity contribution is -0.396. The third-order valence-corrected chi connectivity index (χ3v) is 15.9. The second-order valence-electron chi connectivity index (χ2n) is 21.5. The van der Waals surface area contributed by atoms with Gasteiger partial charge in [-0.05, 0) is 6.42 Å². The minimum absolute atomic E-state index is 0.146. The number of carboxylic acid groups (broad SMARTS) is 1. The average Bonchev–Trinajstić information content (AvgIpc) is 1.68. The van der Waals surface area contributed by atoms with E-state index in [9.17, 15) is 112 Å². The SMILES string of the molecule is O=C(O)CCCC(=O)NC[C@H]1O[C@@H]2O[C@H]3[C@H](O)[C@@H](O)[C@@H](O[C@H]4[C@H](O)[C@@H](O)[C@@H](O[C@H]5[C@H](O)[C@@H](O)[C@@H](O[C@H]6[C@H](O)[C@@H](O)[C@@H](O[C@H]7[C@H](O)[C@@H](O)[C@@H](O[C@H]8[C@H](O)[C@@H](O)[C@@H](O[C@H]1[C@H](O)[C@H]2O)O[C@@H]8CO)O[C@@H]7CO)O[C@@H]6CO)O[C@@H]5CO)O[C@@H]4CO)O[C@@H]3CO. The zero-order chi connectivity index (χ0) is 62.0. The first-order valence-corrected chi connectivity index (χ1v) is 27.2. The van der Waals surface area contributed by atoms with Gasteiger partial charge in [-0.2, -0.15) is 0 Å². The van der Waals surface area contributed by atoms with Crippen LogP contribution in [0.5, 0.6) is 0 Å². The Hall–Kier alpha value is -2.42. The van der Waals surface area contributed by atoms with Gasteiger partial charge >= 0.3 is 5.97 Å². The first-order valence-electron chi connectivity index (χ1n) is 27.2. The molecule has 35 atom stereocenters. The summed E-state index contributed by atoms with van der Waals surface area (Å²) in [5.74, 6) is -2.00. The molecule has 85 heavy (non-hydrogen) atoms. The fourth-order valence-electron chi connectivity index (χ4n) is 11.1. The molecule has 0 aromatic rings. The van der Waals surface area contributed by atoms with E-state index in [1.165, 1.54) is 0 Å². The number of carboxylic acids is 1. The van der Waals surface area contributed by atoms with E-state index in [1.807, 2.05) is 0 Å². The van der Waals surface area contributed by atoms with Crippen LogP contribution in [-0.2, 0) is 75.9 Å². The number of hydrogen-bond acceptors (Lipinski definition) is 36. The van der Waals surface area contributed by atoms with Crippen molar-refractivity contribution < 1.29 is 183 Å². The molecule has 22 N–H and O–H groups in total. The highest BCUT2D eigenvalue weighted by Crippen LogP contribution is 2.39. The highest BCUT2D eigenvalue weighted by Gasteiger charge is 2.59. The van der Waals surface area contributed by atoms with Gasteiger partial charge in [-0.15, -0.1) is 0 Å². The lowest BCUT2D eigenvalue weighted by Crippen LogP contribution is -2.68. The molecule has 0 saturated carbocycles. The average molecular weight is 1250 g/mol. The van der Waals surface area contributed by atoms with Crippen LogP contribution >= 0.6 is 0 Å². The number of carbonyl (C=O) groups excluding carboxylic acids is 1. The Balaban J connectivity index is 1.09. The number of rotatable bonds is 12. The van der Waals surface area contributed by atoms with Gasteiger partial charge in [0.05, 0.1) is 39.6 Å². The van der Waals surface area contributed by atoms with E-state index in [4.69, 9.17) is 71.4 Å². The Bertz CT molecular complexity index is 2100. The molecule has 0 aromatic heterocycles. The third-order valence-electron chi connectivity index (χ3n) is 15.9. The Morgan fingerprint density at radius 2 is 0.459 bits per heavy atom. The summed E-state index contributed by atoms with van der Waals surface area (Å²) in [4.78, 5) is 24.0. The molecule has 0 unspecified atom stereocenters. The standard InChI is InChI=1S/C47H77NO37/c49-5-12-35-22(60)29(67)43(74-12)82-37-14(7-51)76-45(31(69)24(37)62)84-39-16(9-53)78-47(33(71)26(39)64)85-40-17(10-54)77-46(32(70)25(40)63)83-38-15(8-52)75-44(30(68)23(38)61)81-36-13(6-50)73-42(28(66)21(36)59)79-34-11(72-41(80-35)27(65)20(34)58)4-48-18(55)2-1-3-19(56)57/h11-17,20-47,49-54,58-71H,1-10H2,(H,48,55)(H,56,57)/t11-,12-,13-,14-,15-,16-,17-,20-,21-,22-,23-,24-,25-,26-,27-,28-,29-,30-,31-,32-,33-,34-,35-,36-,37-,38-,39-,40-,41-,42-,43-,44-,45-,46-,47-/m1/s1. The maximum atomic E-state index is 12.9. The predicted octanol–water partition coefficient (Wildman–Crippen LogP) is -14.9. The van der Waals surface area contributed by atoms with E-state index < -0.39 is 279 Å². The van der Waals surface area contributed by atoms with Gasteiger partial charge in [-0.1, -0.05) is 0 Å². The number of amides is 1. The molecule has 21 heterocycles. The molecule has 21 rings (SSSR count). The normalized spacial score (nSPS) is 51.1. The molecule has 1 amide bonds. The van der Waals surface area contributed by atoms with Crippen LogP contribution in [0.3, 0.4) is 0 Å². The fraction of sp³-hybridized carbons (Fsp3) is 0.957. The van der Waals surface area contributed by atoms with Crippen molar-refractivity contribution in [2.75, 3.05) is 46.2 Å². The minimum atomic E-state index is -2.29. The maximum absolute atomic E-state index is 12.9. The summed E-state index contributed by atoms with van der Waals surface area (Å²) in [5, 5.41) is 234. The topological polar surface area (TPSA) is 600 Å². The van der Waals surface area contributed by atoms with Crippen LogP contribution in [0.15, 0.2) is 0 Å². The van der Waals surface area contributed by atoms with Crippen molar-refractivity contribution in [1.82, 2.24) is 5.32 Å². The van der Waals surface area contributed by atoms with Crippen LogP contribution in [-0.4, -0.2) is 380 Å². The van der Waals surface area contributed by atoms with Crippen molar-refractivity contribution in [2.24, 2.45) is 0 Å². The van der Waals surface area contributed by atoms with E-state index in [0.29, 0.717) is 0 Å². The lowest BCUT2D eigenvalue weighted by atomic mass is 9.95. The van der Waals surface area contributed by atoms with Gasteiger partial charge in [0.25, 0.3) is 0 Å². The third kappa shape index (κ3) is 14.5. The summed E-state index contributed by atoms with van der Waals surface area (Å²) in [6, 6.07) is 0.